The van der Waals surface area contributed by atoms with Crippen LogP contribution < -0.4 is 10.0 Å². The van der Waals surface area contributed by atoms with Gasteiger partial charge in [0.25, 0.3) is 21.6 Å². The van der Waals surface area contributed by atoms with Gasteiger partial charge in [0.15, 0.2) is 0 Å². The number of carbonyl (C=O) groups is 1. The highest BCUT2D eigenvalue weighted by Gasteiger charge is 2.18. The van der Waals surface area contributed by atoms with E-state index in [0.29, 0.717) is 18.5 Å². The molecule has 10 heteroatoms. The van der Waals surface area contributed by atoms with Gasteiger partial charge in [-0.2, -0.15) is 0 Å². The molecule has 160 valence electrons. The molecule has 0 aliphatic carbocycles. The normalized spacial score (nSPS) is 11.0. The highest BCUT2D eigenvalue weighted by molar-refractivity contribution is 7.92. The predicted octanol–water partition coefficient (Wildman–Crippen LogP) is 3.51. The lowest BCUT2D eigenvalue weighted by atomic mass is 10.1. The van der Waals surface area contributed by atoms with Crippen LogP contribution in [0.2, 0.25) is 0 Å². The molecule has 0 saturated heterocycles. The zero-order chi connectivity index (χ0) is 22.4. The van der Waals surface area contributed by atoms with Crippen molar-refractivity contribution >= 4 is 27.3 Å². The Morgan fingerprint density at radius 3 is 2.32 bits per heavy atom. The maximum Gasteiger partial charge on any atom is 0.270 e. The number of nitrogens with one attached hydrogen (secondary N) is 2. The number of hydrogen-bond acceptors (Lipinski definition) is 5. The van der Waals surface area contributed by atoms with Crippen LogP contribution in [0.3, 0.4) is 0 Å². The molecule has 0 radical (unpaired) electrons. The first-order valence-corrected chi connectivity index (χ1v) is 10.6. The van der Waals surface area contributed by atoms with E-state index in [1.54, 1.807) is 12.1 Å². The highest BCUT2D eigenvalue weighted by Crippen LogP contribution is 2.20. The Morgan fingerprint density at radius 2 is 1.68 bits per heavy atom. The van der Waals surface area contributed by atoms with Crippen molar-refractivity contribution in [3.63, 3.8) is 0 Å². The summed E-state index contributed by atoms with van der Waals surface area (Å²) in [6.07, 6.45) is 0.535. The lowest BCUT2D eigenvalue weighted by Crippen LogP contribution is -2.25. The number of non-ortho nitro benzene ring substituents is 1. The number of carbonyl (C=O) groups excluding carboxylic acids is 1. The standard InChI is InChI=1S/C21H18FN3O5S/c22-17-8-4-15(5-9-17)12-13-23-21(26)16-6-10-18(11-7-16)24-31(29,30)20-3-1-2-19(14-20)25(27)28/h1-11,14,24H,12-13H2,(H,23,26). The van der Waals surface area contributed by atoms with Gasteiger partial charge >= 0.3 is 0 Å². The summed E-state index contributed by atoms with van der Waals surface area (Å²) < 4.78 is 40.1. The summed E-state index contributed by atoms with van der Waals surface area (Å²) in [5.41, 5.74) is 1.08. The van der Waals surface area contributed by atoms with E-state index in [9.17, 15) is 27.7 Å². The van der Waals surface area contributed by atoms with E-state index < -0.39 is 14.9 Å². The van der Waals surface area contributed by atoms with Crippen LogP contribution in [0.25, 0.3) is 0 Å². The minimum absolute atomic E-state index is 0.203. The molecule has 0 fully saturated rings. The van der Waals surface area contributed by atoms with Gasteiger partial charge in [-0.1, -0.05) is 18.2 Å². The van der Waals surface area contributed by atoms with Crippen molar-refractivity contribution in [1.29, 1.82) is 0 Å². The SMILES string of the molecule is O=C(NCCc1ccc(F)cc1)c1ccc(NS(=O)(=O)c2cccc([N+](=O)[O-])c2)cc1. The fourth-order valence-electron chi connectivity index (χ4n) is 2.74. The second kappa shape index (κ2) is 9.35. The largest absolute Gasteiger partial charge is 0.352 e. The number of benzene rings is 3. The number of sulfonamides is 1. The number of rotatable bonds is 8. The van der Waals surface area contributed by atoms with E-state index in [-0.39, 0.29) is 28.0 Å². The second-order valence-electron chi connectivity index (χ2n) is 6.57. The molecule has 1 amide bonds. The van der Waals surface area contributed by atoms with Crippen molar-refractivity contribution < 1.29 is 22.5 Å². The molecule has 3 aromatic rings. The molecular weight excluding hydrogens is 425 g/mol. The molecule has 0 unspecified atom stereocenters. The van der Waals surface area contributed by atoms with Gasteiger partial charge in [-0.15, -0.1) is 0 Å². The maximum absolute atomic E-state index is 12.9. The number of anilines is 1. The first-order valence-electron chi connectivity index (χ1n) is 9.14. The van der Waals surface area contributed by atoms with Crippen LogP contribution in [-0.2, 0) is 16.4 Å². The molecule has 0 atom stereocenters. The van der Waals surface area contributed by atoms with Crippen molar-refractivity contribution in [2.75, 3.05) is 11.3 Å². The van der Waals surface area contributed by atoms with E-state index >= 15 is 0 Å². The summed E-state index contributed by atoms with van der Waals surface area (Å²) in [4.78, 5) is 22.2. The van der Waals surface area contributed by atoms with Crippen LogP contribution in [-0.4, -0.2) is 25.8 Å². The lowest BCUT2D eigenvalue weighted by molar-refractivity contribution is -0.385. The van der Waals surface area contributed by atoms with Crippen LogP contribution >= 0.6 is 0 Å². The molecule has 0 bridgehead atoms. The minimum atomic E-state index is -4.03. The number of amides is 1. The van der Waals surface area contributed by atoms with Gasteiger partial charge in [-0.25, -0.2) is 12.8 Å². The number of halogens is 1. The summed E-state index contributed by atoms with van der Waals surface area (Å²) >= 11 is 0. The van der Waals surface area contributed by atoms with Gasteiger partial charge in [-0.05, 0) is 54.4 Å². The third-order valence-corrected chi connectivity index (χ3v) is 5.73. The quantitative estimate of drug-likeness (QED) is 0.408. The predicted molar refractivity (Wildman–Crippen MR) is 113 cm³/mol. The Morgan fingerprint density at radius 1 is 1.00 bits per heavy atom. The summed E-state index contributed by atoms with van der Waals surface area (Å²) in [6, 6.07) is 16.4. The molecule has 0 aromatic heterocycles. The van der Waals surface area contributed by atoms with Crippen LogP contribution in [0.5, 0.6) is 0 Å². The summed E-state index contributed by atoms with van der Waals surface area (Å²) in [5, 5.41) is 13.6. The molecule has 31 heavy (non-hydrogen) atoms. The first-order chi connectivity index (χ1) is 14.7. The molecule has 2 N–H and O–H groups in total. The molecule has 3 rings (SSSR count). The summed E-state index contributed by atoms with van der Waals surface area (Å²) in [7, 11) is -4.03. The van der Waals surface area contributed by atoms with Gasteiger partial charge in [0.1, 0.15) is 5.82 Å². The van der Waals surface area contributed by atoms with E-state index in [1.165, 1.54) is 54.6 Å². The summed E-state index contributed by atoms with van der Waals surface area (Å²) in [5.74, 6) is -0.663. The smallest absolute Gasteiger partial charge is 0.270 e. The monoisotopic (exact) mass is 443 g/mol. The molecule has 0 heterocycles. The fourth-order valence-corrected chi connectivity index (χ4v) is 3.84. The molecule has 3 aromatic carbocycles. The van der Waals surface area contributed by atoms with Gasteiger partial charge in [0.05, 0.1) is 9.82 Å². The van der Waals surface area contributed by atoms with Crippen molar-refractivity contribution in [3.05, 3.63) is 99.9 Å². The van der Waals surface area contributed by atoms with Crippen molar-refractivity contribution in [3.8, 4) is 0 Å². The van der Waals surface area contributed by atoms with Crippen LogP contribution in [0, 0.1) is 15.9 Å². The van der Waals surface area contributed by atoms with E-state index in [0.717, 1.165) is 11.6 Å². The van der Waals surface area contributed by atoms with Gasteiger partial charge in [0, 0.05) is 29.9 Å². The number of nitro benzene ring substituents is 1. The van der Waals surface area contributed by atoms with Crippen molar-refractivity contribution in [1.82, 2.24) is 5.32 Å². The average molecular weight is 443 g/mol. The Kier molecular flexibility index (Phi) is 6.61. The Hall–Kier alpha value is -3.79. The zero-order valence-electron chi connectivity index (χ0n) is 16.1. The molecule has 0 aliphatic rings. The minimum Gasteiger partial charge on any atom is -0.352 e. The van der Waals surface area contributed by atoms with Crippen molar-refractivity contribution in [2.24, 2.45) is 0 Å². The van der Waals surface area contributed by atoms with Gasteiger partial charge in [0.2, 0.25) is 0 Å². The molecular formula is C21H18FN3O5S. The Labute approximate surface area is 177 Å². The number of nitrogens with zero attached hydrogens (tertiary/aromatic N) is 1. The van der Waals surface area contributed by atoms with Gasteiger partial charge < -0.3 is 5.32 Å². The third-order valence-electron chi connectivity index (χ3n) is 4.35. The van der Waals surface area contributed by atoms with Gasteiger partial charge in [-0.3, -0.25) is 19.6 Å². The van der Waals surface area contributed by atoms with E-state index in [4.69, 9.17) is 0 Å². The van der Waals surface area contributed by atoms with Crippen LogP contribution in [0.4, 0.5) is 15.8 Å². The second-order valence-corrected chi connectivity index (χ2v) is 8.25. The number of nitro groups is 1. The summed E-state index contributed by atoms with van der Waals surface area (Å²) in [6.45, 7) is 0.353. The Bertz CT molecular complexity index is 1200. The maximum atomic E-state index is 12.9. The fraction of sp³-hybridized carbons (Fsp3) is 0.0952. The Balaban J connectivity index is 1.60. The number of hydrogen-bond donors (Lipinski definition) is 2. The molecule has 0 spiro atoms. The first kappa shape index (κ1) is 21.9. The molecule has 0 aliphatic heterocycles. The van der Waals surface area contributed by atoms with Crippen LogP contribution in [0.15, 0.2) is 77.7 Å². The lowest BCUT2D eigenvalue weighted by Gasteiger charge is -2.09. The average Bonchev–Trinajstić information content (AvgIpc) is 2.75. The van der Waals surface area contributed by atoms with E-state index in [1.807, 2.05) is 0 Å². The zero-order valence-corrected chi connectivity index (χ0v) is 16.9. The highest BCUT2D eigenvalue weighted by atomic mass is 32.2. The van der Waals surface area contributed by atoms with E-state index in [2.05, 4.69) is 10.0 Å². The van der Waals surface area contributed by atoms with Crippen molar-refractivity contribution in [2.45, 2.75) is 11.3 Å². The van der Waals surface area contributed by atoms with Crippen LogP contribution in [0.1, 0.15) is 15.9 Å². The molecule has 8 nitrogen and oxygen atoms in total. The third kappa shape index (κ3) is 5.86. The molecule has 0 saturated carbocycles. The topological polar surface area (TPSA) is 118 Å².